The molecule has 144 valence electrons. The third-order valence-corrected chi connectivity index (χ3v) is 5.82. The Morgan fingerprint density at radius 2 is 1.93 bits per heavy atom. The molecule has 1 N–H and O–H groups in total. The monoisotopic (exact) mass is 380 g/mol. The number of fused-ring (bicyclic) bond motifs is 1. The number of hydrogen-bond acceptors (Lipinski definition) is 5. The molecular formula is C20H21FN6O. The first-order chi connectivity index (χ1) is 13.5. The van der Waals surface area contributed by atoms with Crippen molar-refractivity contribution in [2.75, 3.05) is 24.5 Å². The predicted octanol–water partition coefficient (Wildman–Crippen LogP) is 1.86. The minimum atomic E-state index is -0.463. The van der Waals surface area contributed by atoms with Crippen molar-refractivity contribution in [3.8, 4) is 0 Å². The van der Waals surface area contributed by atoms with Gasteiger partial charge in [-0.1, -0.05) is 12.1 Å². The summed E-state index contributed by atoms with van der Waals surface area (Å²) >= 11 is 0. The van der Waals surface area contributed by atoms with E-state index in [1.165, 1.54) is 12.1 Å². The van der Waals surface area contributed by atoms with Gasteiger partial charge in [-0.05, 0) is 49.6 Å². The van der Waals surface area contributed by atoms with Crippen molar-refractivity contribution >= 4 is 17.4 Å². The fourth-order valence-corrected chi connectivity index (χ4v) is 3.89. The zero-order valence-corrected chi connectivity index (χ0v) is 15.6. The SMILES string of the molecule is Cc1nnc2ccc(N3CC(CNC(=O)C4(c5ccc(F)cc5)CC4)C3)nn12. The number of anilines is 1. The lowest BCUT2D eigenvalue weighted by atomic mass is 9.94. The summed E-state index contributed by atoms with van der Waals surface area (Å²) in [5.74, 6) is 1.83. The van der Waals surface area contributed by atoms with Gasteiger partial charge in [0, 0.05) is 25.6 Å². The van der Waals surface area contributed by atoms with E-state index in [9.17, 15) is 9.18 Å². The van der Waals surface area contributed by atoms with Crippen LogP contribution in [-0.2, 0) is 10.2 Å². The molecule has 7 nitrogen and oxygen atoms in total. The highest BCUT2D eigenvalue weighted by Crippen LogP contribution is 2.48. The van der Waals surface area contributed by atoms with E-state index in [4.69, 9.17) is 0 Å². The topological polar surface area (TPSA) is 75.4 Å². The number of amides is 1. The van der Waals surface area contributed by atoms with Crippen molar-refractivity contribution in [3.05, 3.63) is 53.6 Å². The smallest absolute Gasteiger partial charge is 0.230 e. The number of rotatable bonds is 5. The van der Waals surface area contributed by atoms with E-state index in [0.717, 1.165) is 48.8 Å². The Kier molecular flexibility index (Phi) is 3.82. The van der Waals surface area contributed by atoms with Crippen LogP contribution in [0.2, 0.25) is 0 Å². The molecule has 1 aliphatic heterocycles. The number of aryl methyl sites for hydroxylation is 1. The minimum absolute atomic E-state index is 0.0530. The van der Waals surface area contributed by atoms with E-state index in [2.05, 4.69) is 25.5 Å². The van der Waals surface area contributed by atoms with Crippen molar-refractivity contribution < 1.29 is 9.18 Å². The van der Waals surface area contributed by atoms with Crippen molar-refractivity contribution in [2.24, 2.45) is 5.92 Å². The highest BCUT2D eigenvalue weighted by Gasteiger charge is 2.51. The number of benzene rings is 1. The van der Waals surface area contributed by atoms with Crippen molar-refractivity contribution in [2.45, 2.75) is 25.2 Å². The maximum absolute atomic E-state index is 13.2. The van der Waals surface area contributed by atoms with Gasteiger partial charge in [-0.2, -0.15) is 4.52 Å². The lowest BCUT2D eigenvalue weighted by molar-refractivity contribution is -0.123. The van der Waals surface area contributed by atoms with Gasteiger partial charge in [0.2, 0.25) is 5.91 Å². The van der Waals surface area contributed by atoms with E-state index in [1.54, 1.807) is 16.6 Å². The van der Waals surface area contributed by atoms with Crippen LogP contribution in [0.1, 0.15) is 24.2 Å². The van der Waals surface area contributed by atoms with Crippen LogP contribution in [-0.4, -0.2) is 45.4 Å². The molecule has 0 radical (unpaired) electrons. The highest BCUT2D eigenvalue weighted by atomic mass is 19.1. The molecule has 8 heteroatoms. The number of hydrogen-bond donors (Lipinski definition) is 1. The van der Waals surface area contributed by atoms with Crippen LogP contribution in [0.4, 0.5) is 10.2 Å². The third kappa shape index (κ3) is 2.80. The van der Waals surface area contributed by atoms with Gasteiger partial charge >= 0.3 is 0 Å². The number of carbonyl (C=O) groups is 1. The summed E-state index contributed by atoms with van der Waals surface area (Å²) in [6.07, 6.45) is 1.65. The molecule has 0 atom stereocenters. The molecular weight excluding hydrogens is 359 g/mol. The highest BCUT2D eigenvalue weighted by molar-refractivity contribution is 5.91. The lowest BCUT2D eigenvalue weighted by Gasteiger charge is -2.40. The zero-order valence-electron chi connectivity index (χ0n) is 15.6. The molecule has 0 unspecified atom stereocenters. The second-order valence-corrected chi connectivity index (χ2v) is 7.78. The summed E-state index contributed by atoms with van der Waals surface area (Å²) in [5, 5.41) is 15.8. The second-order valence-electron chi connectivity index (χ2n) is 7.78. The molecule has 0 spiro atoms. The number of nitrogens with one attached hydrogen (secondary N) is 1. The van der Waals surface area contributed by atoms with Gasteiger partial charge in [0.15, 0.2) is 11.5 Å². The Morgan fingerprint density at radius 1 is 1.18 bits per heavy atom. The molecule has 3 aromatic rings. The van der Waals surface area contributed by atoms with Gasteiger partial charge in [-0.25, -0.2) is 4.39 Å². The van der Waals surface area contributed by atoms with Crippen molar-refractivity contribution in [1.82, 2.24) is 25.1 Å². The Balaban J connectivity index is 1.17. The van der Waals surface area contributed by atoms with Crippen LogP contribution in [0.15, 0.2) is 36.4 Å². The van der Waals surface area contributed by atoms with E-state index < -0.39 is 5.41 Å². The van der Waals surface area contributed by atoms with Crippen LogP contribution in [0.3, 0.4) is 0 Å². The molecule has 1 aliphatic carbocycles. The lowest BCUT2D eigenvalue weighted by Crippen LogP contribution is -2.52. The van der Waals surface area contributed by atoms with Crippen LogP contribution in [0.5, 0.6) is 0 Å². The molecule has 1 amide bonds. The molecule has 2 aromatic heterocycles. The Morgan fingerprint density at radius 3 is 2.64 bits per heavy atom. The minimum Gasteiger partial charge on any atom is -0.355 e. The third-order valence-electron chi connectivity index (χ3n) is 5.82. The predicted molar refractivity (Wildman–Crippen MR) is 102 cm³/mol. The van der Waals surface area contributed by atoms with Gasteiger partial charge in [-0.3, -0.25) is 4.79 Å². The summed E-state index contributed by atoms with van der Waals surface area (Å²) in [5.41, 5.74) is 1.18. The number of carbonyl (C=O) groups excluding carboxylic acids is 1. The van der Waals surface area contributed by atoms with Gasteiger partial charge in [0.05, 0.1) is 5.41 Å². The van der Waals surface area contributed by atoms with Crippen molar-refractivity contribution in [3.63, 3.8) is 0 Å². The number of halogens is 1. The number of aromatic nitrogens is 4. The molecule has 1 aromatic carbocycles. The van der Waals surface area contributed by atoms with Crippen LogP contribution < -0.4 is 10.2 Å². The van der Waals surface area contributed by atoms with Gasteiger partial charge in [-0.15, -0.1) is 15.3 Å². The first kappa shape index (κ1) is 17.1. The Labute approximate surface area is 161 Å². The molecule has 28 heavy (non-hydrogen) atoms. The summed E-state index contributed by atoms with van der Waals surface area (Å²) in [6, 6.07) is 10.2. The second kappa shape index (κ2) is 6.25. The molecule has 2 fully saturated rings. The Bertz CT molecular complexity index is 1040. The average Bonchev–Trinajstić information content (AvgIpc) is 3.40. The normalized spacial score (nSPS) is 18.1. The standard InChI is InChI=1S/C20H21FN6O/c1-13-23-24-17-6-7-18(25-27(13)17)26-11-14(12-26)10-22-19(28)20(8-9-20)15-2-4-16(21)5-3-15/h2-7,14H,8-12H2,1H3,(H,22,28). The number of nitrogens with zero attached hydrogens (tertiary/aromatic N) is 5. The van der Waals surface area contributed by atoms with Crippen LogP contribution in [0.25, 0.3) is 5.65 Å². The average molecular weight is 380 g/mol. The maximum Gasteiger partial charge on any atom is 0.230 e. The largest absolute Gasteiger partial charge is 0.355 e. The summed E-state index contributed by atoms with van der Waals surface area (Å²) in [4.78, 5) is 14.9. The summed E-state index contributed by atoms with van der Waals surface area (Å²) < 4.78 is 14.9. The fraction of sp³-hybridized carbons (Fsp3) is 0.400. The molecule has 1 saturated heterocycles. The molecule has 0 bridgehead atoms. The zero-order chi connectivity index (χ0) is 19.3. The Hall–Kier alpha value is -3.03. The van der Waals surface area contributed by atoms with E-state index in [-0.39, 0.29) is 11.7 Å². The fourth-order valence-electron chi connectivity index (χ4n) is 3.89. The molecule has 2 aliphatic rings. The van der Waals surface area contributed by atoms with Crippen LogP contribution in [0, 0.1) is 18.7 Å². The van der Waals surface area contributed by atoms with E-state index in [0.29, 0.717) is 12.5 Å². The van der Waals surface area contributed by atoms with E-state index >= 15 is 0 Å². The van der Waals surface area contributed by atoms with E-state index in [1.807, 2.05) is 19.1 Å². The quantitative estimate of drug-likeness (QED) is 0.731. The molecule has 1 saturated carbocycles. The van der Waals surface area contributed by atoms with Gasteiger partial charge in [0.25, 0.3) is 0 Å². The first-order valence-electron chi connectivity index (χ1n) is 9.53. The van der Waals surface area contributed by atoms with Crippen LogP contribution >= 0.6 is 0 Å². The maximum atomic E-state index is 13.2. The first-order valence-corrected chi connectivity index (χ1v) is 9.53. The van der Waals surface area contributed by atoms with Crippen molar-refractivity contribution in [1.29, 1.82) is 0 Å². The van der Waals surface area contributed by atoms with Gasteiger partial charge in [0.1, 0.15) is 11.6 Å². The summed E-state index contributed by atoms with van der Waals surface area (Å²) in [7, 11) is 0. The molecule has 3 heterocycles. The molecule has 5 rings (SSSR count). The van der Waals surface area contributed by atoms with Gasteiger partial charge < -0.3 is 10.2 Å². The summed E-state index contributed by atoms with van der Waals surface area (Å²) in [6.45, 7) is 4.22.